The molecule has 0 atom stereocenters. The van der Waals surface area contributed by atoms with Gasteiger partial charge in [0.1, 0.15) is 5.75 Å². The first-order valence-corrected chi connectivity index (χ1v) is 7.03. The zero-order valence-electron chi connectivity index (χ0n) is 11.4. The Hall–Kier alpha value is -1.01. The highest BCUT2D eigenvalue weighted by molar-refractivity contribution is 9.10. The molecule has 1 aliphatic rings. The molecule has 96 valence electrons. The third-order valence-corrected chi connectivity index (χ3v) is 5.46. The van der Waals surface area contributed by atoms with Gasteiger partial charge < -0.3 is 4.74 Å². The van der Waals surface area contributed by atoms with Crippen LogP contribution >= 0.6 is 15.9 Å². The molecule has 0 saturated heterocycles. The van der Waals surface area contributed by atoms with E-state index < -0.39 is 0 Å². The van der Waals surface area contributed by atoms with Gasteiger partial charge in [0.05, 0.1) is 18.6 Å². The minimum atomic E-state index is -0.337. The largest absolute Gasteiger partial charge is 0.496 e. The van der Waals surface area contributed by atoms with Crippen LogP contribution in [0, 0.1) is 32.1 Å². The highest BCUT2D eigenvalue weighted by Gasteiger charge is 2.43. The van der Waals surface area contributed by atoms with E-state index in [0.717, 1.165) is 46.2 Å². The van der Waals surface area contributed by atoms with Gasteiger partial charge in [0.15, 0.2) is 0 Å². The van der Waals surface area contributed by atoms with Crippen LogP contribution in [-0.2, 0) is 5.41 Å². The molecule has 1 aromatic carbocycles. The van der Waals surface area contributed by atoms with E-state index in [1.165, 1.54) is 5.56 Å². The number of hydrogen-bond donors (Lipinski definition) is 0. The monoisotopic (exact) mass is 307 g/mol. The van der Waals surface area contributed by atoms with Gasteiger partial charge in [-0.3, -0.25) is 0 Å². The van der Waals surface area contributed by atoms with E-state index in [9.17, 15) is 5.26 Å². The minimum absolute atomic E-state index is 0.337. The quantitative estimate of drug-likeness (QED) is 0.815. The molecule has 0 spiro atoms. The van der Waals surface area contributed by atoms with Crippen LogP contribution in [-0.4, -0.2) is 7.11 Å². The average Bonchev–Trinajstić information content (AvgIpc) is 2.32. The summed E-state index contributed by atoms with van der Waals surface area (Å²) < 4.78 is 6.71. The van der Waals surface area contributed by atoms with Gasteiger partial charge in [-0.25, -0.2) is 0 Å². The van der Waals surface area contributed by atoms with Crippen LogP contribution in [0.25, 0.3) is 0 Å². The fourth-order valence-electron chi connectivity index (χ4n) is 2.86. The van der Waals surface area contributed by atoms with Gasteiger partial charge in [-0.05, 0) is 56.7 Å². The Bertz CT molecular complexity index is 539. The molecule has 0 heterocycles. The summed E-state index contributed by atoms with van der Waals surface area (Å²) in [5.74, 6) is 0.898. The Morgan fingerprint density at radius 1 is 1.17 bits per heavy atom. The zero-order chi connectivity index (χ0) is 13.5. The highest BCUT2D eigenvalue weighted by atomic mass is 79.9. The molecule has 3 heteroatoms. The summed E-state index contributed by atoms with van der Waals surface area (Å²) in [5, 5.41) is 9.56. The fourth-order valence-corrected chi connectivity index (χ4v) is 3.36. The molecule has 0 radical (unpaired) electrons. The van der Waals surface area contributed by atoms with Crippen molar-refractivity contribution >= 4 is 15.9 Å². The minimum Gasteiger partial charge on any atom is -0.496 e. The number of hydrogen-bond acceptors (Lipinski definition) is 2. The van der Waals surface area contributed by atoms with E-state index >= 15 is 0 Å². The van der Waals surface area contributed by atoms with E-state index in [1.807, 2.05) is 0 Å². The Balaban J connectivity index is 2.78. The summed E-state index contributed by atoms with van der Waals surface area (Å²) in [6.07, 6.45) is 3.01. The summed E-state index contributed by atoms with van der Waals surface area (Å²) in [4.78, 5) is 0. The summed E-state index contributed by atoms with van der Waals surface area (Å²) in [6.45, 7) is 6.22. The normalized spacial score (nSPS) is 16.9. The molecule has 1 aromatic rings. The summed E-state index contributed by atoms with van der Waals surface area (Å²) in [6, 6.07) is 2.52. The van der Waals surface area contributed by atoms with Gasteiger partial charge in [0.25, 0.3) is 0 Å². The maximum absolute atomic E-state index is 9.56. The first-order valence-electron chi connectivity index (χ1n) is 6.23. The smallest absolute Gasteiger partial charge is 0.127 e. The highest BCUT2D eigenvalue weighted by Crippen LogP contribution is 2.51. The number of ether oxygens (including phenoxy) is 1. The number of nitriles is 1. The van der Waals surface area contributed by atoms with Crippen LogP contribution in [0.15, 0.2) is 4.47 Å². The van der Waals surface area contributed by atoms with Crippen LogP contribution in [0.1, 0.15) is 41.5 Å². The molecule has 0 N–H and O–H groups in total. The van der Waals surface area contributed by atoms with Gasteiger partial charge in [0, 0.05) is 10.0 Å². The van der Waals surface area contributed by atoms with Crippen molar-refractivity contribution in [3.63, 3.8) is 0 Å². The second-order valence-corrected chi connectivity index (χ2v) is 5.94. The lowest BCUT2D eigenvalue weighted by Gasteiger charge is -2.38. The van der Waals surface area contributed by atoms with Gasteiger partial charge in [-0.15, -0.1) is 0 Å². The number of methoxy groups -OCH3 is 1. The Kier molecular flexibility index (Phi) is 3.42. The van der Waals surface area contributed by atoms with Crippen molar-refractivity contribution in [3.05, 3.63) is 26.7 Å². The summed E-state index contributed by atoms with van der Waals surface area (Å²) in [5.41, 5.74) is 4.23. The van der Waals surface area contributed by atoms with Crippen LogP contribution in [0.4, 0.5) is 0 Å². The van der Waals surface area contributed by atoms with E-state index in [-0.39, 0.29) is 5.41 Å². The summed E-state index contributed by atoms with van der Waals surface area (Å²) in [7, 11) is 1.70. The van der Waals surface area contributed by atoms with Gasteiger partial charge in [-0.2, -0.15) is 5.26 Å². The second kappa shape index (κ2) is 4.59. The van der Waals surface area contributed by atoms with Crippen LogP contribution in [0.5, 0.6) is 5.75 Å². The van der Waals surface area contributed by atoms with E-state index in [2.05, 4.69) is 42.8 Å². The van der Waals surface area contributed by atoms with Gasteiger partial charge in [-0.1, -0.05) is 15.9 Å². The first kappa shape index (κ1) is 13.4. The first-order chi connectivity index (χ1) is 8.48. The van der Waals surface area contributed by atoms with Crippen molar-refractivity contribution in [2.24, 2.45) is 0 Å². The maximum Gasteiger partial charge on any atom is 0.127 e. The molecule has 0 bridgehead atoms. The number of nitrogens with zero attached hydrogens (tertiary/aromatic N) is 1. The Morgan fingerprint density at radius 3 is 2.17 bits per heavy atom. The van der Waals surface area contributed by atoms with E-state index in [1.54, 1.807) is 7.11 Å². The van der Waals surface area contributed by atoms with E-state index in [0.29, 0.717) is 0 Å². The Morgan fingerprint density at radius 2 is 1.78 bits per heavy atom. The van der Waals surface area contributed by atoms with Crippen LogP contribution in [0.2, 0.25) is 0 Å². The van der Waals surface area contributed by atoms with Crippen LogP contribution in [0.3, 0.4) is 0 Å². The lowest BCUT2D eigenvalue weighted by atomic mass is 9.63. The molecule has 1 aliphatic carbocycles. The van der Waals surface area contributed by atoms with Gasteiger partial charge >= 0.3 is 0 Å². The van der Waals surface area contributed by atoms with Crippen LogP contribution < -0.4 is 4.74 Å². The molecular weight excluding hydrogens is 290 g/mol. The molecule has 0 amide bonds. The molecule has 2 rings (SSSR count). The van der Waals surface area contributed by atoms with Crippen molar-refractivity contribution in [3.8, 4) is 11.8 Å². The molecule has 0 unspecified atom stereocenters. The summed E-state index contributed by atoms with van der Waals surface area (Å²) >= 11 is 3.65. The molecule has 0 aliphatic heterocycles. The van der Waals surface area contributed by atoms with Crippen molar-refractivity contribution in [2.45, 2.75) is 45.4 Å². The third-order valence-electron chi connectivity index (χ3n) is 4.27. The SMILES string of the molecule is COc1c(C)c(C)c(Br)c(C)c1C1(C#N)CCC1. The van der Waals surface area contributed by atoms with Crippen molar-refractivity contribution in [1.29, 1.82) is 5.26 Å². The van der Waals surface area contributed by atoms with E-state index in [4.69, 9.17) is 4.74 Å². The lowest BCUT2D eigenvalue weighted by Crippen LogP contribution is -2.34. The molecule has 18 heavy (non-hydrogen) atoms. The number of halogens is 1. The fraction of sp³-hybridized carbons (Fsp3) is 0.533. The van der Waals surface area contributed by atoms with Gasteiger partial charge in [0.2, 0.25) is 0 Å². The topological polar surface area (TPSA) is 33.0 Å². The molecule has 1 saturated carbocycles. The predicted molar refractivity (Wildman–Crippen MR) is 76.0 cm³/mol. The van der Waals surface area contributed by atoms with Crippen molar-refractivity contribution < 1.29 is 4.74 Å². The number of rotatable bonds is 2. The molecular formula is C15H18BrNO. The average molecular weight is 308 g/mol. The van der Waals surface area contributed by atoms with Crippen molar-refractivity contribution in [2.75, 3.05) is 7.11 Å². The zero-order valence-corrected chi connectivity index (χ0v) is 12.9. The molecule has 2 nitrogen and oxygen atoms in total. The standard InChI is InChI=1S/C15H18BrNO/c1-9-10(2)14(18-4)12(11(3)13(9)16)15(8-17)6-5-7-15/h5-7H2,1-4H3. The Labute approximate surface area is 117 Å². The molecule has 0 aromatic heterocycles. The third kappa shape index (κ3) is 1.66. The maximum atomic E-state index is 9.56. The number of benzene rings is 1. The second-order valence-electron chi connectivity index (χ2n) is 5.14. The predicted octanol–water partition coefficient (Wildman–Crippen LogP) is 4.33. The molecule has 1 fully saturated rings. The van der Waals surface area contributed by atoms with Crippen molar-refractivity contribution in [1.82, 2.24) is 0 Å². The lowest BCUT2D eigenvalue weighted by molar-refractivity contribution is 0.304.